The van der Waals surface area contributed by atoms with E-state index in [0.717, 1.165) is 12.8 Å². The first-order valence-corrected chi connectivity index (χ1v) is 6.38. The van der Waals surface area contributed by atoms with Gasteiger partial charge >= 0.3 is 5.97 Å². The predicted molar refractivity (Wildman–Crippen MR) is 68.2 cm³/mol. The molecule has 7 heteroatoms. The van der Waals surface area contributed by atoms with E-state index in [2.05, 4.69) is 22.6 Å². The number of hydrogen-bond acceptors (Lipinski definition) is 4. The average molecular weight is 268 g/mol. The zero-order valence-corrected chi connectivity index (χ0v) is 11.3. The molecule has 0 aliphatic carbocycles. The minimum Gasteiger partial charge on any atom is -0.480 e. The number of aliphatic carboxylic acids is 1. The van der Waals surface area contributed by atoms with Gasteiger partial charge in [-0.3, -0.25) is 9.59 Å². The number of aromatic nitrogens is 3. The maximum Gasteiger partial charge on any atom is 0.325 e. The number of carbonyl (C=O) groups is 2. The average Bonchev–Trinajstić information content (AvgIpc) is 2.73. The Balaban J connectivity index is 2.33. The fraction of sp³-hybridized carbons (Fsp3) is 0.667. The quantitative estimate of drug-likeness (QED) is 0.727. The summed E-state index contributed by atoms with van der Waals surface area (Å²) in [5.41, 5.74) is 0.553. The van der Waals surface area contributed by atoms with Gasteiger partial charge in [0.25, 0.3) is 0 Å². The van der Waals surface area contributed by atoms with Crippen LogP contribution in [0.25, 0.3) is 0 Å². The van der Waals surface area contributed by atoms with Gasteiger partial charge in [-0.15, -0.1) is 5.10 Å². The van der Waals surface area contributed by atoms with Gasteiger partial charge in [0.2, 0.25) is 5.91 Å². The molecule has 1 atom stereocenters. The second-order valence-corrected chi connectivity index (χ2v) is 4.68. The molecule has 0 aromatic carbocycles. The number of nitrogens with zero attached hydrogens (tertiary/aromatic N) is 3. The highest BCUT2D eigenvalue weighted by Crippen LogP contribution is 2.09. The van der Waals surface area contributed by atoms with Crippen molar-refractivity contribution in [3.63, 3.8) is 0 Å². The Morgan fingerprint density at radius 1 is 1.53 bits per heavy atom. The maximum absolute atomic E-state index is 11.6. The van der Waals surface area contributed by atoms with Crippen LogP contribution in [0.3, 0.4) is 0 Å². The van der Waals surface area contributed by atoms with Crippen LogP contribution in [0.1, 0.15) is 38.8 Å². The van der Waals surface area contributed by atoms with E-state index in [0.29, 0.717) is 18.0 Å². The summed E-state index contributed by atoms with van der Waals surface area (Å²) in [6, 6.07) is 0. The van der Waals surface area contributed by atoms with Crippen LogP contribution < -0.4 is 5.32 Å². The highest BCUT2D eigenvalue weighted by Gasteiger charge is 2.09. The van der Waals surface area contributed by atoms with Crippen molar-refractivity contribution >= 4 is 11.9 Å². The van der Waals surface area contributed by atoms with Gasteiger partial charge in [-0.05, 0) is 5.92 Å². The Morgan fingerprint density at radius 3 is 2.89 bits per heavy atom. The van der Waals surface area contributed by atoms with Crippen molar-refractivity contribution < 1.29 is 14.7 Å². The molecule has 1 heterocycles. The summed E-state index contributed by atoms with van der Waals surface area (Å²) >= 11 is 0. The molecule has 7 nitrogen and oxygen atoms in total. The Bertz CT molecular complexity index is 430. The molecule has 2 N–H and O–H groups in total. The van der Waals surface area contributed by atoms with Crippen molar-refractivity contribution in [2.75, 3.05) is 0 Å². The van der Waals surface area contributed by atoms with Crippen LogP contribution in [-0.2, 0) is 22.7 Å². The van der Waals surface area contributed by atoms with E-state index in [1.807, 2.05) is 6.92 Å². The first kappa shape index (κ1) is 15.1. The van der Waals surface area contributed by atoms with E-state index in [4.69, 9.17) is 5.11 Å². The first-order valence-electron chi connectivity index (χ1n) is 6.38. The Labute approximate surface area is 112 Å². The van der Waals surface area contributed by atoms with Crippen molar-refractivity contribution in [1.82, 2.24) is 20.3 Å². The molecule has 1 aromatic heterocycles. The molecular formula is C12H20N4O3. The molecular weight excluding hydrogens is 248 g/mol. The molecule has 0 bridgehead atoms. The largest absolute Gasteiger partial charge is 0.480 e. The minimum atomic E-state index is -0.978. The maximum atomic E-state index is 11.6. The Hall–Kier alpha value is -1.92. The van der Waals surface area contributed by atoms with Gasteiger partial charge in [0, 0.05) is 6.42 Å². The monoisotopic (exact) mass is 268 g/mol. The third kappa shape index (κ3) is 5.98. The summed E-state index contributed by atoms with van der Waals surface area (Å²) in [5.74, 6) is -0.629. The van der Waals surface area contributed by atoms with Gasteiger partial charge < -0.3 is 10.4 Å². The third-order valence-corrected chi connectivity index (χ3v) is 2.67. The number of amides is 1. The fourth-order valence-corrected chi connectivity index (χ4v) is 1.81. The number of carboxylic acid groups (broad SMARTS) is 1. The molecule has 1 amide bonds. The summed E-state index contributed by atoms with van der Waals surface area (Å²) in [5, 5.41) is 18.8. The van der Waals surface area contributed by atoms with Crippen molar-refractivity contribution in [3.8, 4) is 0 Å². The van der Waals surface area contributed by atoms with Crippen molar-refractivity contribution in [2.45, 2.75) is 46.2 Å². The highest BCUT2D eigenvalue weighted by atomic mass is 16.4. The lowest BCUT2D eigenvalue weighted by Crippen LogP contribution is -2.24. The zero-order chi connectivity index (χ0) is 14.3. The van der Waals surface area contributed by atoms with Crippen molar-refractivity contribution in [1.29, 1.82) is 0 Å². The van der Waals surface area contributed by atoms with Crippen LogP contribution in [-0.4, -0.2) is 32.0 Å². The molecule has 19 heavy (non-hydrogen) atoms. The lowest BCUT2D eigenvalue weighted by atomic mass is 10.0. The lowest BCUT2D eigenvalue weighted by Gasteiger charge is -2.09. The van der Waals surface area contributed by atoms with Gasteiger partial charge in [0.15, 0.2) is 0 Å². The normalized spacial score (nSPS) is 12.1. The number of rotatable bonds is 8. The molecule has 1 unspecified atom stereocenters. The van der Waals surface area contributed by atoms with E-state index in [-0.39, 0.29) is 19.0 Å². The summed E-state index contributed by atoms with van der Waals surface area (Å²) < 4.78 is 1.23. The van der Waals surface area contributed by atoms with Crippen LogP contribution in [0.5, 0.6) is 0 Å². The summed E-state index contributed by atoms with van der Waals surface area (Å²) in [4.78, 5) is 22.1. The molecule has 0 saturated carbocycles. The van der Waals surface area contributed by atoms with Gasteiger partial charge in [0.05, 0.1) is 12.7 Å². The van der Waals surface area contributed by atoms with Crippen LogP contribution in [0, 0.1) is 5.92 Å². The molecule has 1 aromatic rings. The number of carboxylic acids is 1. The van der Waals surface area contributed by atoms with Gasteiger partial charge in [-0.2, -0.15) is 0 Å². The summed E-state index contributed by atoms with van der Waals surface area (Å²) in [7, 11) is 0. The standard InChI is InChI=1S/C12H20N4O3/c1-3-4-9(2)5-11(17)13-6-10-7-16(15-14-10)8-12(18)19/h7,9H,3-6,8H2,1-2H3,(H,13,17)(H,18,19). The highest BCUT2D eigenvalue weighted by molar-refractivity contribution is 5.76. The Morgan fingerprint density at radius 2 is 2.26 bits per heavy atom. The number of nitrogens with one attached hydrogen (secondary N) is 1. The third-order valence-electron chi connectivity index (χ3n) is 2.67. The predicted octanol–water partition coefficient (Wildman–Crippen LogP) is 0.805. The van der Waals surface area contributed by atoms with Gasteiger partial charge in [-0.25, -0.2) is 4.68 Å². The van der Waals surface area contributed by atoms with E-state index >= 15 is 0 Å². The van der Waals surface area contributed by atoms with Crippen LogP contribution in [0.2, 0.25) is 0 Å². The first-order chi connectivity index (χ1) is 9.01. The van der Waals surface area contributed by atoms with Crippen molar-refractivity contribution in [2.24, 2.45) is 5.92 Å². The van der Waals surface area contributed by atoms with Gasteiger partial charge in [0.1, 0.15) is 12.2 Å². The van der Waals surface area contributed by atoms with E-state index in [9.17, 15) is 9.59 Å². The SMILES string of the molecule is CCCC(C)CC(=O)NCc1cn(CC(=O)O)nn1. The molecule has 0 radical (unpaired) electrons. The molecule has 0 fully saturated rings. The minimum absolute atomic E-state index is 0.0197. The lowest BCUT2D eigenvalue weighted by molar-refractivity contribution is -0.138. The summed E-state index contributed by atoms with van der Waals surface area (Å²) in [6.45, 7) is 4.19. The molecule has 1 rings (SSSR count). The zero-order valence-electron chi connectivity index (χ0n) is 11.3. The molecule has 0 aliphatic heterocycles. The smallest absolute Gasteiger partial charge is 0.325 e. The van der Waals surface area contributed by atoms with E-state index < -0.39 is 5.97 Å². The van der Waals surface area contributed by atoms with Crippen molar-refractivity contribution in [3.05, 3.63) is 11.9 Å². The van der Waals surface area contributed by atoms with E-state index in [1.54, 1.807) is 0 Å². The summed E-state index contributed by atoms with van der Waals surface area (Å²) in [6.07, 6.45) is 4.11. The second-order valence-electron chi connectivity index (χ2n) is 4.68. The second kappa shape index (κ2) is 7.50. The molecule has 0 saturated heterocycles. The van der Waals surface area contributed by atoms with Crippen LogP contribution in [0.4, 0.5) is 0 Å². The molecule has 0 spiro atoms. The number of carbonyl (C=O) groups excluding carboxylic acids is 1. The fourth-order valence-electron chi connectivity index (χ4n) is 1.81. The topological polar surface area (TPSA) is 97.1 Å². The molecule has 0 aliphatic rings. The van der Waals surface area contributed by atoms with Crippen LogP contribution in [0.15, 0.2) is 6.20 Å². The van der Waals surface area contributed by atoms with E-state index in [1.165, 1.54) is 10.9 Å². The number of hydrogen-bond donors (Lipinski definition) is 2. The van der Waals surface area contributed by atoms with Crippen LogP contribution >= 0.6 is 0 Å². The Kier molecular flexibility index (Phi) is 5.98. The van der Waals surface area contributed by atoms with Gasteiger partial charge in [-0.1, -0.05) is 31.9 Å². The molecule has 106 valence electrons.